The maximum Gasteiger partial charge on any atom is 0.264 e. The van der Waals surface area contributed by atoms with E-state index in [4.69, 9.17) is 16.7 Å². The van der Waals surface area contributed by atoms with Gasteiger partial charge in [0, 0.05) is 11.6 Å². The second-order valence-corrected chi connectivity index (χ2v) is 8.98. The summed E-state index contributed by atoms with van der Waals surface area (Å²) in [6, 6.07) is 10.1. The maximum absolute atomic E-state index is 12.7. The zero-order valence-corrected chi connectivity index (χ0v) is 14.2. The zero-order valence-electron chi connectivity index (χ0n) is 11.8. The van der Waals surface area contributed by atoms with Crippen molar-refractivity contribution in [1.82, 2.24) is 0 Å². The molecule has 23 heavy (non-hydrogen) atoms. The molecule has 1 heterocycles. The zero-order chi connectivity index (χ0) is 16.8. The van der Waals surface area contributed by atoms with Crippen molar-refractivity contribution in [3.8, 4) is 0 Å². The molecule has 0 bridgehead atoms. The van der Waals surface area contributed by atoms with E-state index < -0.39 is 20.0 Å². The lowest BCUT2D eigenvalue weighted by molar-refractivity contribution is 0.592. The molecule has 3 rings (SSSR count). The minimum absolute atomic E-state index is 0.0259. The van der Waals surface area contributed by atoms with Crippen molar-refractivity contribution in [2.45, 2.75) is 16.2 Å². The highest BCUT2D eigenvalue weighted by Gasteiger charge is 2.31. The van der Waals surface area contributed by atoms with Crippen LogP contribution in [0.3, 0.4) is 0 Å². The molecule has 0 spiro atoms. The van der Waals surface area contributed by atoms with Crippen molar-refractivity contribution >= 4 is 37.3 Å². The van der Waals surface area contributed by atoms with Gasteiger partial charge in [-0.3, -0.25) is 4.31 Å². The summed E-state index contributed by atoms with van der Waals surface area (Å²) in [6.07, 6.45) is 0.422. The van der Waals surface area contributed by atoms with Crippen LogP contribution in [0.5, 0.6) is 0 Å². The van der Waals surface area contributed by atoms with Gasteiger partial charge in [-0.2, -0.15) is 0 Å². The van der Waals surface area contributed by atoms with Crippen LogP contribution in [-0.2, 0) is 26.5 Å². The van der Waals surface area contributed by atoms with E-state index in [1.54, 1.807) is 0 Å². The standard InChI is InChI=1S/C14H13ClN2O4S2/c15-11-1-3-12(4-2-11)23(20,21)17-8-7-10-9-13(22(16,18)19)5-6-14(10)17/h1-6,9H,7-8H2,(H2,16,18,19). The van der Waals surface area contributed by atoms with Gasteiger partial charge < -0.3 is 0 Å². The molecular weight excluding hydrogens is 360 g/mol. The summed E-state index contributed by atoms with van der Waals surface area (Å²) in [4.78, 5) is 0.104. The fourth-order valence-corrected chi connectivity index (χ4v) is 4.70. The van der Waals surface area contributed by atoms with Crippen LogP contribution >= 0.6 is 11.6 Å². The second-order valence-electron chi connectivity index (χ2n) is 5.12. The Kier molecular flexibility index (Phi) is 3.88. The molecule has 1 aliphatic rings. The molecule has 0 atom stereocenters. The van der Waals surface area contributed by atoms with Gasteiger partial charge in [0.1, 0.15) is 0 Å². The summed E-state index contributed by atoms with van der Waals surface area (Å²) in [5, 5.41) is 5.55. The molecule has 9 heteroatoms. The second kappa shape index (κ2) is 5.48. The first-order valence-electron chi connectivity index (χ1n) is 6.63. The molecular formula is C14H13ClN2O4S2. The van der Waals surface area contributed by atoms with Crippen LogP contribution in [0.1, 0.15) is 5.56 Å². The Bertz CT molecular complexity index is 970. The average molecular weight is 373 g/mol. The van der Waals surface area contributed by atoms with Gasteiger partial charge in [-0.15, -0.1) is 0 Å². The monoisotopic (exact) mass is 372 g/mol. The molecule has 1 aliphatic heterocycles. The highest BCUT2D eigenvalue weighted by molar-refractivity contribution is 7.92. The molecule has 0 amide bonds. The van der Waals surface area contributed by atoms with Crippen LogP contribution in [0.15, 0.2) is 52.3 Å². The van der Waals surface area contributed by atoms with Crippen LogP contribution in [0, 0.1) is 0 Å². The third kappa shape index (κ3) is 2.94. The average Bonchev–Trinajstić information content (AvgIpc) is 2.90. The van der Waals surface area contributed by atoms with Gasteiger partial charge in [-0.05, 0) is 54.4 Å². The quantitative estimate of drug-likeness (QED) is 0.887. The number of halogens is 1. The number of rotatable bonds is 3. The van der Waals surface area contributed by atoms with Crippen molar-refractivity contribution in [2.24, 2.45) is 5.14 Å². The van der Waals surface area contributed by atoms with Crippen LogP contribution < -0.4 is 9.44 Å². The number of nitrogens with zero attached hydrogens (tertiary/aromatic N) is 1. The van der Waals surface area contributed by atoms with Crippen LogP contribution in [0.4, 0.5) is 5.69 Å². The van der Waals surface area contributed by atoms with E-state index >= 15 is 0 Å². The summed E-state index contributed by atoms with van der Waals surface area (Å²) < 4.78 is 49.5. The van der Waals surface area contributed by atoms with Crippen molar-refractivity contribution in [1.29, 1.82) is 0 Å². The first-order chi connectivity index (χ1) is 10.7. The van der Waals surface area contributed by atoms with E-state index in [9.17, 15) is 16.8 Å². The van der Waals surface area contributed by atoms with E-state index in [1.165, 1.54) is 46.8 Å². The maximum atomic E-state index is 12.7. The Morgan fingerprint density at radius 2 is 1.57 bits per heavy atom. The fourth-order valence-electron chi connectivity index (χ4n) is 2.51. The molecule has 2 N–H and O–H groups in total. The van der Waals surface area contributed by atoms with E-state index in [0.29, 0.717) is 22.7 Å². The molecule has 0 unspecified atom stereocenters. The Morgan fingerprint density at radius 3 is 2.17 bits per heavy atom. The number of sulfonamides is 2. The minimum Gasteiger partial charge on any atom is -0.266 e. The van der Waals surface area contributed by atoms with Gasteiger partial charge in [0.15, 0.2) is 0 Å². The number of benzene rings is 2. The Balaban J connectivity index is 2.04. The number of hydrogen-bond acceptors (Lipinski definition) is 4. The Morgan fingerprint density at radius 1 is 0.957 bits per heavy atom. The van der Waals surface area contributed by atoms with Crippen molar-refractivity contribution < 1.29 is 16.8 Å². The molecule has 6 nitrogen and oxygen atoms in total. The van der Waals surface area contributed by atoms with Crippen molar-refractivity contribution in [3.63, 3.8) is 0 Å². The van der Waals surface area contributed by atoms with E-state index in [-0.39, 0.29) is 16.3 Å². The van der Waals surface area contributed by atoms with Crippen LogP contribution in [0.25, 0.3) is 0 Å². The predicted molar refractivity (Wildman–Crippen MR) is 87.5 cm³/mol. The van der Waals surface area contributed by atoms with Crippen molar-refractivity contribution in [3.05, 3.63) is 53.1 Å². The summed E-state index contributed by atoms with van der Waals surface area (Å²) in [5.74, 6) is 0. The molecule has 0 aromatic heterocycles. The number of anilines is 1. The number of fused-ring (bicyclic) bond motifs is 1. The Hall–Kier alpha value is -1.61. The van der Waals surface area contributed by atoms with E-state index in [2.05, 4.69) is 0 Å². The van der Waals surface area contributed by atoms with Gasteiger partial charge in [-0.1, -0.05) is 11.6 Å². The van der Waals surface area contributed by atoms with Crippen LogP contribution in [0.2, 0.25) is 5.02 Å². The molecule has 0 saturated carbocycles. The highest BCUT2D eigenvalue weighted by Crippen LogP contribution is 2.34. The molecule has 2 aromatic carbocycles. The highest BCUT2D eigenvalue weighted by atomic mass is 35.5. The number of nitrogens with two attached hydrogens (primary N) is 1. The molecule has 0 fully saturated rings. The van der Waals surface area contributed by atoms with Gasteiger partial charge in [0.25, 0.3) is 10.0 Å². The summed E-state index contributed by atoms with van der Waals surface area (Å²) >= 11 is 5.79. The summed E-state index contributed by atoms with van der Waals surface area (Å²) in [6.45, 7) is 0.244. The third-order valence-electron chi connectivity index (χ3n) is 3.63. The Labute approximate surface area is 139 Å². The number of hydrogen-bond donors (Lipinski definition) is 1. The normalized spacial score (nSPS) is 14.8. The summed E-state index contributed by atoms with van der Waals surface area (Å²) in [7, 11) is -7.54. The van der Waals surface area contributed by atoms with E-state index in [1.807, 2.05) is 0 Å². The molecule has 122 valence electrons. The lowest BCUT2D eigenvalue weighted by atomic mass is 10.2. The molecule has 2 aromatic rings. The minimum atomic E-state index is -3.82. The van der Waals surface area contributed by atoms with Gasteiger partial charge in [-0.25, -0.2) is 22.0 Å². The first kappa shape index (κ1) is 16.3. The first-order valence-corrected chi connectivity index (χ1v) is 10.00. The third-order valence-corrected chi connectivity index (χ3v) is 6.62. The fraction of sp³-hybridized carbons (Fsp3) is 0.143. The van der Waals surface area contributed by atoms with E-state index in [0.717, 1.165) is 0 Å². The lowest BCUT2D eigenvalue weighted by Crippen LogP contribution is -2.29. The van der Waals surface area contributed by atoms with Crippen LogP contribution in [-0.4, -0.2) is 23.4 Å². The van der Waals surface area contributed by atoms with Gasteiger partial charge in [0.05, 0.1) is 15.5 Å². The molecule has 0 saturated heterocycles. The smallest absolute Gasteiger partial charge is 0.264 e. The molecule has 0 aliphatic carbocycles. The number of primary sulfonamides is 1. The largest absolute Gasteiger partial charge is 0.266 e. The van der Waals surface area contributed by atoms with Crippen molar-refractivity contribution in [2.75, 3.05) is 10.8 Å². The SMILES string of the molecule is NS(=O)(=O)c1ccc2c(c1)CCN2S(=O)(=O)c1ccc(Cl)cc1. The lowest BCUT2D eigenvalue weighted by Gasteiger charge is -2.19. The van der Waals surface area contributed by atoms with Gasteiger partial charge >= 0.3 is 0 Å². The summed E-state index contributed by atoms with van der Waals surface area (Å²) in [5.41, 5.74) is 1.10. The predicted octanol–water partition coefficient (Wildman–Crippen LogP) is 1.74. The molecule has 0 radical (unpaired) electrons. The van der Waals surface area contributed by atoms with Gasteiger partial charge in [0.2, 0.25) is 10.0 Å². The topological polar surface area (TPSA) is 97.5 Å².